The van der Waals surface area contributed by atoms with Crippen molar-refractivity contribution in [3.05, 3.63) is 55.9 Å². The van der Waals surface area contributed by atoms with Crippen LogP contribution in [-0.2, 0) is 19.4 Å². The first-order valence-corrected chi connectivity index (χ1v) is 13.5. The molecular weight excluding hydrogens is 450 g/mol. The van der Waals surface area contributed by atoms with E-state index in [2.05, 4.69) is 46.8 Å². The molecule has 0 spiro atoms. The van der Waals surface area contributed by atoms with E-state index in [4.69, 9.17) is 9.97 Å². The molecule has 1 aliphatic carbocycles. The van der Waals surface area contributed by atoms with Crippen LogP contribution in [0.15, 0.2) is 29.1 Å². The van der Waals surface area contributed by atoms with Gasteiger partial charge in [0, 0.05) is 31.1 Å². The van der Waals surface area contributed by atoms with Gasteiger partial charge in [0.1, 0.15) is 15.7 Å². The predicted octanol–water partition coefficient (Wildman–Crippen LogP) is 4.60. The number of thiazole rings is 1. The second-order valence-corrected chi connectivity index (χ2v) is 11.7. The van der Waals surface area contributed by atoms with E-state index in [1.165, 1.54) is 20.1 Å². The van der Waals surface area contributed by atoms with E-state index >= 15 is 0 Å². The molecule has 4 aromatic rings. The highest BCUT2D eigenvalue weighted by Gasteiger charge is 2.27. The Morgan fingerprint density at radius 2 is 1.97 bits per heavy atom. The van der Waals surface area contributed by atoms with Crippen LogP contribution in [0.4, 0.5) is 0 Å². The number of piperazine rings is 1. The summed E-state index contributed by atoms with van der Waals surface area (Å²) in [6.45, 7) is 9.30. The van der Waals surface area contributed by atoms with Gasteiger partial charge in [0.15, 0.2) is 0 Å². The standard InChI is InChI=1S/C25H29N5OS2/c1-15-7-8-17-20(13-15)33-25-22(17)24(31)27-23(28-25)16(2)30-11-9-29(10-12-30)14-21-26-18-5-3-4-6-19(18)32-21/h3-6,15-16H,7-14H2,1-2H3,(H,27,28,31). The average Bonchev–Trinajstić information content (AvgIpc) is 3.39. The Bertz CT molecular complexity index is 1330. The van der Waals surface area contributed by atoms with Crippen LogP contribution in [0.1, 0.15) is 47.6 Å². The Labute approximate surface area is 201 Å². The Morgan fingerprint density at radius 1 is 1.15 bits per heavy atom. The van der Waals surface area contributed by atoms with Crippen molar-refractivity contribution in [2.75, 3.05) is 26.2 Å². The minimum atomic E-state index is 0.0448. The fourth-order valence-corrected chi connectivity index (χ4v) is 7.62. The molecule has 1 N–H and O–H groups in total. The van der Waals surface area contributed by atoms with Gasteiger partial charge >= 0.3 is 0 Å². The Balaban J connectivity index is 1.15. The van der Waals surface area contributed by atoms with Crippen molar-refractivity contribution >= 4 is 43.1 Å². The van der Waals surface area contributed by atoms with Gasteiger partial charge in [0.05, 0.1) is 28.2 Å². The molecule has 0 amide bonds. The number of nitrogens with one attached hydrogen (secondary N) is 1. The van der Waals surface area contributed by atoms with Crippen molar-refractivity contribution in [2.45, 2.75) is 45.7 Å². The summed E-state index contributed by atoms with van der Waals surface area (Å²) in [4.78, 5) is 33.1. The molecule has 172 valence electrons. The maximum atomic E-state index is 13.0. The Kier molecular flexibility index (Phi) is 5.57. The van der Waals surface area contributed by atoms with Crippen molar-refractivity contribution < 1.29 is 0 Å². The number of thiophene rings is 1. The highest BCUT2D eigenvalue weighted by molar-refractivity contribution is 7.19. The van der Waals surface area contributed by atoms with Gasteiger partial charge in [-0.25, -0.2) is 9.97 Å². The van der Waals surface area contributed by atoms with Crippen molar-refractivity contribution in [3.63, 3.8) is 0 Å². The first kappa shape index (κ1) is 21.4. The summed E-state index contributed by atoms with van der Waals surface area (Å²) in [7, 11) is 0. The van der Waals surface area contributed by atoms with Gasteiger partial charge in [-0.3, -0.25) is 14.6 Å². The summed E-state index contributed by atoms with van der Waals surface area (Å²) in [6.07, 6.45) is 3.25. The number of aryl methyl sites for hydroxylation is 1. The van der Waals surface area contributed by atoms with E-state index < -0.39 is 0 Å². The summed E-state index contributed by atoms with van der Waals surface area (Å²) >= 11 is 3.53. The molecular formula is C25H29N5OS2. The molecule has 3 aromatic heterocycles. The third-order valence-corrected chi connectivity index (χ3v) is 9.40. The Morgan fingerprint density at radius 3 is 2.79 bits per heavy atom. The minimum Gasteiger partial charge on any atom is -0.309 e. The van der Waals surface area contributed by atoms with Gasteiger partial charge in [-0.15, -0.1) is 22.7 Å². The molecule has 2 atom stereocenters. The van der Waals surface area contributed by atoms with Gasteiger partial charge < -0.3 is 4.98 Å². The molecule has 1 aliphatic heterocycles. The molecule has 1 fully saturated rings. The van der Waals surface area contributed by atoms with Crippen molar-refractivity contribution in [3.8, 4) is 0 Å². The topological polar surface area (TPSA) is 65.1 Å². The fraction of sp³-hybridized carbons (Fsp3) is 0.480. The largest absolute Gasteiger partial charge is 0.309 e. The Hall–Kier alpha value is -2.13. The van der Waals surface area contributed by atoms with Crippen molar-refractivity contribution in [1.29, 1.82) is 0 Å². The minimum absolute atomic E-state index is 0.0448. The molecule has 4 heterocycles. The number of hydrogen-bond acceptors (Lipinski definition) is 7. The number of hydrogen-bond donors (Lipinski definition) is 1. The number of fused-ring (bicyclic) bond motifs is 4. The fourth-order valence-electron chi connectivity index (χ4n) is 5.22. The lowest BCUT2D eigenvalue weighted by Crippen LogP contribution is -2.47. The van der Waals surface area contributed by atoms with Gasteiger partial charge in [-0.05, 0) is 49.8 Å². The molecule has 1 aromatic carbocycles. The van der Waals surface area contributed by atoms with Gasteiger partial charge in [-0.1, -0.05) is 19.1 Å². The molecule has 0 bridgehead atoms. The highest BCUT2D eigenvalue weighted by Crippen LogP contribution is 2.36. The molecule has 0 radical (unpaired) electrons. The third kappa shape index (κ3) is 4.03. The van der Waals surface area contributed by atoms with Crippen LogP contribution in [0.5, 0.6) is 0 Å². The highest BCUT2D eigenvalue weighted by atomic mass is 32.1. The van der Waals surface area contributed by atoms with Gasteiger partial charge in [0.25, 0.3) is 5.56 Å². The van der Waals surface area contributed by atoms with Crippen LogP contribution in [0.2, 0.25) is 0 Å². The van der Waals surface area contributed by atoms with Crippen molar-refractivity contribution in [1.82, 2.24) is 24.8 Å². The monoisotopic (exact) mass is 479 g/mol. The van der Waals surface area contributed by atoms with Crippen LogP contribution in [0, 0.1) is 5.92 Å². The average molecular weight is 480 g/mol. The number of para-hydroxylation sites is 1. The zero-order chi connectivity index (χ0) is 22.5. The molecule has 1 saturated heterocycles. The van der Waals surface area contributed by atoms with Crippen LogP contribution < -0.4 is 5.56 Å². The summed E-state index contributed by atoms with van der Waals surface area (Å²) < 4.78 is 1.26. The summed E-state index contributed by atoms with van der Waals surface area (Å²) in [6, 6.07) is 8.46. The normalized spacial score (nSPS) is 21.0. The molecule has 8 heteroatoms. The second-order valence-electron chi connectivity index (χ2n) is 9.55. The van der Waals surface area contributed by atoms with Gasteiger partial charge in [-0.2, -0.15) is 0 Å². The molecule has 2 aliphatic rings. The third-order valence-electron chi connectivity index (χ3n) is 7.23. The number of H-pyrrole nitrogens is 1. The van der Waals surface area contributed by atoms with E-state index in [1.807, 2.05) is 6.07 Å². The van der Waals surface area contributed by atoms with E-state index in [-0.39, 0.29) is 11.6 Å². The van der Waals surface area contributed by atoms with Crippen LogP contribution in [-0.4, -0.2) is 50.9 Å². The summed E-state index contributed by atoms with van der Waals surface area (Å²) in [5.41, 5.74) is 2.40. The second kappa shape index (κ2) is 8.58. The molecule has 2 unspecified atom stereocenters. The molecule has 6 rings (SSSR count). The number of aromatic nitrogens is 3. The van der Waals surface area contributed by atoms with Crippen LogP contribution in [0.3, 0.4) is 0 Å². The zero-order valence-electron chi connectivity index (χ0n) is 19.1. The lowest BCUT2D eigenvalue weighted by Gasteiger charge is -2.37. The molecule has 0 saturated carbocycles. The lowest BCUT2D eigenvalue weighted by molar-refractivity contribution is 0.0948. The lowest BCUT2D eigenvalue weighted by atomic mass is 9.89. The number of nitrogens with zero attached hydrogens (tertiary/aromatic N) is 4. The molecule has 6 nitrogen and oxygen atoms in total. The predicted molar refractivity (Wildman–Crippen MR) is 136 cm³/mol. The zero-order valence-corrected chi connectivity index (χ0v) is 20.8. The smallest absolute Gasteiger partial charge is 0.259 e. The maximum absolute atomic E-state index is 13.0. The number of aromatic amines is 1. The van der Waals surface area contributed by atoms with E-state index in [1.54, 1.807) is 22.7 Å². The van der Waals surface area contributed by atoms with E-state index in [0.29, 0.717) is 5.92 Å². The van der Waals surface area contributed by atoms with E-state index in [0.717, 1.165) is 73.5 Å². The molecule has 33 heavy (non-hydrogen) atoms. The van der Waals surface area contributed by atoms with Crippen LogP contribution in [0.25, 0.3) is 20.4 Å². The first-order valence-electron chi connectivity index (χ1n) is 11.9. The SMILES string of the molecule is CC1CCc2c(sc3nc(C(C)N4CCN(Cc5nc6ccccc6s5)CC4)[nH]c(=O)c23)C1. The summed E-state index contributed by atoms with van der Waals surface area (Å²) in [5.74, 6) is 1.50. The quantitative estimate of drug-likeness (QED) is 0.464. The van der Waals surface area contributed by atoms with Crippen molar-refractivity contribution in [2.24, 2.45) is 5.92 Å². The van der Waals surface area contributed by atoms with Crippen LogP contribution >= 0.6 is 22.7 Å². The maximum Gasteiger partial charge on any atom is 0.259 e. The summed E-state index contributed by atoms with van der Waals surface area (Å²) in [5, 5.41) is 2.03. The first-order chi connectivity index (χ1) is 16.0. The van der Waals surface area contributed by atoms with Gasteiger partial charge in [0.2, 0.25) is 0 Å². The number of rotatable bonds is 4. The number of benzene rings is 1. The van der Waals surface area contributed by atoms with E-state index in [9.17, 15) is 4.79 Å².